The van der Waals surface area contributed by atoms with E-state index in [0.717, 1.165) is 27.0 Å². The van der Waals surface area contributed by atoms with E-state index < -0.39 is 0 Å². The summed E-state index contributed by atoms with van der Waals surface area (Å²) in [7, 11) is 5.39. The number of amidine groups is 1. The first-order chi connectivity index (χ1) is 12.6. The van der Waals surface area contributed by atoms with E-state index in [9.17, 15) is 4.79 Å². The van der Waals surface area contributed by atoms with Gasteiger partial charge in [-0.2, -0.15) is 0 Å². The molecular formula is C19H17N3O2S2. The van der Waals surface area contributed by atoms with Gasteiger partial charge < -0.3 is 9.64 Å². The number of amides is 1. The molecule has 4 rings (SSSR count). The molecule has 5 nitrogen and oxygen atoms in total. The third kappa shape index (κ3) is 2.87. The number of hydrogen-bond donors (Lipinski definition) is 0. The molecule has 0 spiro atoms. The number of carbonyl (C=O) groups excluding carboxylic acids is 1. The molecule has 0 radical (unpaired) electrons. The molecule has 0 saturated carbocycles. The van der Waals surface area contributed by atoms with E-state index in [2.05, 4.69) is 22.0 Å². The molecule has 2 heterocycles. The SMILES string of the molecule is COc1ccc(N=C2SC(=C3Sc4ccccc4N3C)C(=O)N2C)cc1. The minimum absolute atomic E-state index is 0.0237. The lowest BCUT2D eigenvalue weighted by Gasteiger charge is -2.14. The first-order valence-electron chi connectivity index (χ1n) is 8.02. The number of fused-ring (bicyclic) bond motifs is 1. The molecule has 1 saturated heterocycles. The Balaban J connectivity index is 1.66. The number of carbonyl (C=O) groups is 1. The monoisotopic (exact) mass is 383 g/mol. The number of nitrogens with zero attached hydrogens (tertiary/aromatic N) is 3. The minimum atomic E-state index is -0.0237. The number of aliphatic imine (C=N–C) groups is 1. The lowest BCUT2D eigenvalue weighted by molar-refractivity contribution is -0.121. The van der Waals surface area contributed by atoms with Gasteiger partial charge in [0, 0.05) is 19.0 Å². The van der Waals surface area contributed by atoms with Gasteiger partial charge in [-0.05, 0) is 48.2 Å². The van der Waals surface area contributed by atoms with Gasteiger partial charge in [-0.1, -0.05) is 23.9 Å². The normalized spacial score (nSPS) is 20.9. The molecule has 0 N–H and O–H groups in total. The smallest absolute Gasteiger partial charge is 0.269 e. The molecule has 0 unspecified atom stereocenters. The predicted octanol–water partition coefficient (Wildman–Crippen LogP) is 4.30. The van der Waals surface area contributed by atoms with Gasteiger partial charge in [0.2, 0.25) is 0 Å². The second-order valence-corrected chi connectivity index (χ2v) is 7.83. The molecule has 1 amide bonds. The maximum absolute atomic E-state index is 12.8. The van der Waals surface area contributed by atoms with Crippen molar-refractivity contribution in [1.29, 1.82) is 0 Å². The van der Waals surface area contributed by atoms with Crippen molar-refractivity contribution in [3.05, 3.63) is 58.5 Å². The van der Waals surface area contributed by atoms with Crippen LogP contribution in [0.4, 0.5) is 11.4 Å². The zero-order chi connectivity index (χ0) is 18.3. The minimum Gasteiger partial charge on any atom is -0.497 e. The number of methoxy groups -OCH3 is 1. The van der Waals surface area contributed by atoms with Crippen molar-refractivity contribution in [3.63, 3.8) is 0 Å². The average molecular weight is 383 g/mol. The molecule has 2 aliphatic heterocycles. The Bertz CT molecular complexity index is 938. The zero-order valence-electron chi connectivity index (χ0n) is 14.6. The summed E-state index contributed by atoms with van der Waals surface area (Å²) in [5, 5.41) is 1.63. The van der Waals surface area contributed by atoms with Crippen molar-refractivity contribution >= 4 is 46.0 Å². The zero-order valence-corrected chi connectivity index (χ0v) is 16.2. The van der Waals surface area contributed by atoms with Crippen molar-refractivity contribution in [2.24, 2.45) is 4.99 Å². The Morgan fingerprint density at radius 3 is 2.38 bits per heavy atom. The summed E-state index contributed by atoms with van der Waals surface area (Å²) in [6.45, 7) is 0. The van der Waals surface area contributed by atoms with E-state index in [1.807, 2.05) is 43.4 Å². The Labute approximate surface area is 160 Å². The van der Waals surface area contributed by atoms with E-state index >= 15 is 0 Å². The first kappa shape index (κ1) is 17.1. The lowest BCUT2D eigenvalue weighted by Crippen LogP contribution is -2.24. The molecule has 0 atom stereocenters. The van der Waals surface area contributed by atoms with E-state index in [0.29, 0.717) is 10.1 Å². The molecule has 2 aromatic rings. The summed E-state index contributed by atoms with van der Waals surface area (Å²) in [6, 6.07) is 15.6. The topological polar surface area (TPSA) is 45.1 Å². The maximum Gasteiger partial charge on any atom is 0.269 e. The fraction of sp³-hybridized carbons (Fsp3) is 0.158. The summed E-state index contributed by atoms with van der Waals surface area (Å²) >= 11 is 3.04. The summed E-state index contributed by atoms with van der Waals surface area (Å²) < 4.78 is 5.17. The molecule has 1 fully saturated rings. The number of likely N-dealkylation sites (N-methyl/N-ethyl adjacent to an activating group) is 1. The quantitative estimate of drug-likeness (QED) is 0.724. The highest BCUT2D eigenvalue weighted by Gasteiger charge is 2.37. The number of ether oxygens (including phenoxy) is 1. The second-order valence-electron chi connectivity index (χ2n) is 5.82. The van der Waals surface area contributed by atoms with Crippen LogP contribution in [0.25, 0.3) is 0 Å². The van der Waals surface area contributed by atoms with Crippen molar-refractivity contribution in [3.8, 4) is 5.75 Å². The maximum atomic E-state index is 12.8. The van der Waals surface area contributed by atoms with Crippen molar-refractivity contribution in [2.75, 3.05) is 26.1 Å². The third-order valence-corrected chi connectivity index (χ3v) is 6.69. The molecule has 7 heteroatoms. The standard InChI is InChI=1S/C19H17N3O2S2/c1-21-14-6-4-5-7-15(14)25-18(21)16-17(23)22(2)19(26-16)20-12-8-10-13(24-3)11-9-12/h4-11H,1-3H3. The number of anilines is 1. The molecule has 2 aromatic carbocycles. The van der Waals surface area contributed by atoms with Crippen LogP contribution in [-0.2, 0) is 4.79 Å². The van der Waals surface area contributed by atoms with E-state index in [1.165, 1.54) is 11.8 Å². The highest BCUT2D eigenvalue weighted by Crippen LogP contribution is 2.49. The summed E-state index contributed by atoms with van der Waals surface area (Å²) in [5.41, 5.74) is 1.91. The van der Waals surface area contributed by atoms with Gasteiger partial charge >= 0.3 is 0 Å². The van der Waals surface area contributed by atoms with Crippen LogP contribution in [-0.4, -0.2) is 37.2 Å². The molecular weight excluding hydrogens is 366 g/mol. The number of benzene rings is 2. The van der Waals surface area contributed by atoms with Crippen LogP contribution in [0.2, 0.25) is 0 Å². The number of hydrogen-bond acceptors (Lipinski definition) is 6. The summed E-state index contributed by atoms with van der Waals surface area (Å²) in [5.74, 6) is 0.756. The highest BCUT2D eigenvalue weighted by atomic mass is 32.2. The predicted molar refractivity (Wildman–Crippen MR) is 108 cm³/mol. The Morgan fingerprint density at radius 1 is 0.962 bits per heavy atom. The van der Waals surface area contributed by atoms with Gasteiger partial charge in [-0.15, -0.1) is 0 Å². The van der Waals surface area contributed by atoms with Crippen molar-refractivity contribution in [1.82, 2.24) is 4.90 Å². The van der Waals surface area contributed by atoms with Gasteiger partial charge in [0.25, 0.3) is 5.91 Å². The van der Waals surface area contributed by atoms with Gasteiger partial charge in [0.1, 0.15) is 10.7 Å². The largest absolute Gasteiger partial charge is 0.497 e. The Kier molecular flexibility index (Phi) is 4.42. The van der Waals surface area contributed by atoms with Crippen LogP contribution < -0.4 is 9.64 Å². The van der Waals surface area contributed by atoms with Crippen LogP contribution in [0, 0.1) is 0 Å². The van der Waals surface area contributed by atoms with E-state index in [1.54, 1.807) is 30.8 Å². The van der Waals surface area contributed by atoms with Gasteiger partial charge in [-0.3, -0.25) is 9.69 Å². The number of thioether (sulfide) groups is 2. The molecule has 2 aliphatic rings. The molecule has 0 aromatic heterocycles. The number of para-hydroxylation sites is 1. The fourth-order valence-electron chi connectivity index (χ4n) is 2.74. The van der Waals surface area contributed by atoms with Crippen molar-refractivity contribution in [2.45, 2.75) is 4.90 Å². The summed E-state index contributed by atoms with van der Waals surface area (Å²) in [6.07, 6.45) is 0. The van der Waals surface area contributed by atoms with Crippen LogP contribution in [0.1, 0.15) is 0 Å². The fourth-order valence-corrected chi connectivity index (χ4v) is 5.08. The third-order valence-electron chi connectivity index (χ3n) is 4.21. The molecule has 0 aliphatic carbocycles. The van der Waals surface area contributed by atoms with Crippen LogP contribution >= 0.6 is 23.5 Å². The number of rotatable bonds is 2. The van der Waals surface area contributed by atoms with Crippen molar-refractivity contribution < 1.29 is 9.53 Å². The van der Waals surface area contributed by atoms with E-state index in [4.69, 9.17) is 4.74 Å². The molecule has 132 valence electrons. The van der Waals surface area contributed by atoms with Crippen LogP contribution in [0.3, 0.4) is 0 Å². The molecule has 26 heavy (non-hydrogen) atoms. The van der Waals surface area contributed by atoms with Gasteiger partial charge in [0.15, 0.2) is 5.17 Å². The van der Waals surface area contributed by atoms with Gasteiger partial charge in [-0.25, -0.2) is 4.99 Å². The van der Waals surface area contributed by atoms with Gasteiger partial charge in [0.05, 0.1) is 23.5 Å². The Morgan fingerprint density at radius 2 is 1.69 bits per heavy atom. The van der Waals surface area contributed by atoms with Crippen LogP contribution in [0.15, 0.2) is 68.4 Å². The second kappa shape index (κ2) is 6.74. The van der Waals surface area contributed by atoms with E-state index in [-0.39, 0.29) is 5.91 Å². The first-order valence-corrected chi connectivity index (χ1v) is 9.65. The lowest BCUT2D eigenvalue weighted by atomic mass is 10.3. The molecule has 0 bridgehead atoms. The van der Waals surface area contributed by atoms with Crippen LogP contribution in [0.5, 0.6) is 5.75 Å². The average Bonchev–Trinajstić information content (AvgIpc) is 3.14. The summed E-state index contributed by atoms with van der Waals surface area (Å²) in [4.78, 5) is 23.0. The Hall–Kier alpha value is -2.38. The highest BCUT2D eigenvalue weighted by molar-refractivity contribution is 8.19.